The second-order valence-corrected chi connectivity index (χ2v) is 6.58. The molecule has 0 bridgehead atoms. The highest BCUT2D eigenvalue weighted by molar-refractivity contribution is 9.11. The minimum Gasteiger partial charge on any atom is -0.321 e. The Kier molecular flexibility index (Phi) is 4.66. The lowest BCUT2D eigenvalue weighted by molar-refractivity contribution is 0.102. The number of carbonyl (C=O) groups is 1. The van der Waals surface area contributed by atoms with Crippen molar-refractivity contribution in [1.29, 1.82) is 0 Å². The third kappa shape index (κ3) is 3.30. The van der Waals surface area contributed by atoms with Crippen LogP contribution in [0.1, 0.15) is 27.0 Å². The summed E-state index contributed by atoms with van der Waals surface area (Å²) in [5.74, 6) is -0.121. The molecular weight excluding hydrogens is 382 g/mol. The Labute approximate surface area is 135 Å². The molecule has 0 saturated heterocycles. The number of carbonyl (C=O) groups excluding carboxylic acids is 1. The number of hydrogen-bond donors (Lipinski definition) is 1. The van der Waals surface area contributed by atoms with E-state index in [2.05, 4.69) is 37.2 Å². The van der Waals surface area contributed by atoms with Gasteiger partial charge in [0.1, 0.15) is 0 Å². The molecule has 2 aromatic rings. The van der Waals surface area contributed by atoms with E-state index in [0.29, 0.717) is 5.56 Å². The molecule has 0 aliphatic rings. The third-order valence-electron chi connectivity index (χ3n) is 3.04. The highest BCUT2D eigenvalue weighted by atomic mass is 79.9. The number of rotatable bonds is 2. The van der Waals surface area contributed by atoms with Crippen LogP contribution in [-0.4, -0.2) is 5.91 Å². The van der Waals surface area contributed by atoms with Crippen molar-refractivity contribution in [3.8, 4) is 0 Å². The Hall–Kier alpha value is -1.13. The molecule has 20 heavy (non-hydrogen) atoms. The van der Waals surface area contributed by atoms with Crippen LogP contribution in [0.15, 0.2) is 39.3 Å². The van der Waals surface area contributed by atoms with E-state index in [1.54, 1.807) is 0 Å². The Bertz CT molecular complexity index is 657. The first kappa shape index (κ1) is 15.3. The van der Waals surface area contributed by atoms with Gasteiger partial charge in [0.05, 0.1) is 11.3 Å². The van der Waals surface area contributed by atoms with Crippen LogP contribution in [0, 0.1) is 20.8 Å². The normalized spacial score (nSPS) is 10.4. The Morgan fingerprint density at radius 1 is 0.950 bits per heavy atom. The van der Waals surface area contributed by atoms with E-state index in [0.717, 1.165) is 31.3 Å². The van der Waals surface area contributed by atoms with Crippen LogP contribution in [0.5, 0.6) is 0 Å². The molecule has 0 fully saturated rings. The van der Waals surface area contributed by atoms with Gasteiger partial charge >= 0.3 is 0 Å². The van der Waals surface area contributed by atoms with Gasteiger partial charge in [-0.15, -0.1) is 0 Å². The average Bonchev–Trinajstić information content (AvgIpc) is 2.33. The van der Waals surface area contributed by atoms with Crippen molar-refractivity contribution in [3.63, 3.8) is 0 Å². The van der Waals surface area contributed by atoms with Gasteiger partial charge in [0.2, 0.25) is 0 Å². The van der Waals surface area contributed by atoms with E-state index in [1.165, 1.54) is 0 Å². The van der Waals surface area contributed by atoms with Crippen molar-refractivity contribution >= 4 is 43.5 Å². The number of aryl methyl sites for hydroxylation is 3. The topological polar surface area (TPSA) is 29.1 Å². The molecule has 0 aromatic heterocycles. The average molecular weight is 397 g/mol. The van der Waals surface area contributed by atoms with Crippen LogP contribution in [0.2, 0.25) is 0 Å². The van der Waals surface area contributed by atoms with Crippen molar-refractivity contribution in [3.05, 3.63) is 61.5 Å². The van der Waals surface area contributed by atoms with E-state index >= 15 is 0 Å². The molecule has 0 spiro atoms. The number of anilines is 1. The first-order valence-electron chi connectivity index (χ1n) is 6.22. The van der Waals surface area contributed by atoms with E-state index in [1.807, 2.05) is 51.1 Å². The van der Waals surface area contributed by atoms with Crippen LogP contribution >= 0.6 is 31.9 Å². The van der Waals surface area contributed by atoms with E-state index < -0.39 is 0 Å². The largest absolute Gasteiger partial charge is 0.321 e. The van der Waals surface area contributed by atoms with E-state index in [-0.39, 0.29) is 5.91 Å². The monoisotopic (exact) mass is 395 g/mol. The first-order chi connectivity index (χ1) is 9.38. The first-order valence-corrected chi connectivity index (χ1v) is 7.81. The molecule has 2 rings (SSSR count). The van der Waals surface area contributed by atoms with Gasteiger partial charge in [-0.1, -0.05) is 12.1 Å². The molecule has 0 saturated carbocycles. The summed E-state index contributed by atoms with van der Waals surface area (Å²) in [4.78, 5) is 12.4. The molecule has 2 aromatic carbocycles. The molecule has 1 N–H and O–H groups in total. The number of benzene rings is 2. The summed E-state index contributed by atoms with van der Waals surface area (Å²) in [5, 5.41) is 2.97. The predicted molar refractivity (Wildman–Crippen MR) is 90.4 cm³/mol. The molecule has 2 nitrogen and oxygen atoms in total. The van der Waals surface area contributed by atoms with Crippen molar-refractivity contribution in [2.24, 2.45) is 0 Å². The summed E-state index contributed by atoms with van der Waals surface area (Å²) in [5.41, 5.74) is 4.74. The van der Waals surface area contributed by atoms with Crippen LogP contribution in [-0.2, 0) is 0 Å². The van der Waals surface area contributed by atoms with E-state index in [9.17, 15) is 4.79 Å². The molecule has 1 amide bonds. The number of amides is 1. The quantitative estimate of drug-likeness (QED) is 0.724. The second kappa shape index (κ2) is 6.10. The lowest BCUT2D eigenvalue weighted by Gasteiger charge is -2.13. The number of halogens is 2. The Morgan fingerprint density at radius 3 is 2.20 bits per heavy atom. The number of nitrogens with one attached hydrogen (secondary N) is 1. The van der Waals surface area contributed by atoms with Gasteiger partial charge in [0.15, 0.2) is 0 Å². The van der Waals surface area contributed by atoms with Gasteiger partial charge in [-0.3, -0.25) is 4.79 Å². The maximum Gasteiger partial charge on any atom is 0.256 e. The van der Waals surface area contributed by atoms with Gasteiger partial charge in [0, 0.05) is 8.95 Å². The summed E-state index contributed by atoms with van der Waals surface area (Å²) < 4.78 is 1.70. The lowest BCUT2D eigenvalue weighted by Crippen LogP contribution is -2.14. The molecule has 0 aliphatic carbocycles. The fourth-order valence-electron chi connectivity index (χ4n) is 2.06. The summed E-state index contributed by atoms with van der Waals surface area (Å²) in [6.45, 7) is 6.00. The third-order valence-corrected chi connectivity index (χ3v) is 4.32. The maximum absolute atomic E-state index is 12.4. The fraction of sp³-hybridized carbons (Fsp3) is 0.188. The summed E-state index contributed by atoms with van der Waals surface area (Å²) in [6.07, 6.45) is 0. The van der Waals surface area contributed by atoms with Gasteiger partial charge in [-0.25, -0.2) is 0 Å². The minimum absolute atomic E-state index is 0.121. The minimum atomic E-state index is -0.121. The van der Waals surface area contributed by atoms with Crippen molar-refractivity contribution in [2.75, 3.05) is 5.32 Å². The molecule has 0 radical (unpaired) electrons. The lowest BCUT2D eigenvalue weighted by atomic mass is 10.1. The van der Waals surface area contributed by atoms with Gasteiger partial charge in [0.25, 0.3) is 5.91 Å². The Balaban J connectivity index is 2.33. The van der Waals surface area contributed by atoms with E-state index in [4.69, 9.17) is 0 Å². The van der Waals surface area contributed by atoms with Crippen molar-refractivity contribution in [1.82, 2.24) is 0 Å². The van der Waals surface area contributed by atoms with Crippen molar-refractivity contribution in [2.45, 2.75) is 20.8 Å². The zero-order valence-corrected chi connectivity index (χ0v) is 14.7. The molecule has 0 atom stereocenters. The molecule has 0 heterocycles. The molecule has 104 valence electrons. The fourth-order valence-corrected chi connectivity index (χ4v) is 3.51. The van der Waals surface area contributed by atoms with Crippen LogP contribution in [0.25, 0.3) is 0 Å². The molecule has 0 aliphatic heterocycles. The number of hydrogen-bond acceptors (Lipinski definition) is 1. The SMILES string of the molecule is Cc1ccc(C(=O)Nc2c(C)cc(C)cc2Br)c(Br)c1. The van der Waals surface area contributed by atoms with Gasteiger partial charge < -0.3 is 5.32 Å². The van der Waals surface area contributed by atoms with Crippen LogP contribution < -0.4 is 5.32 Å². The summed E-state index contributed by atoms with van der Waals surface area (Å²) in [7, 11) is 0. The molecule has 0 unspecified atom stereocenters. The maximum atomic E-state index is 12.4. The van der Waals surface area contributed by atoms with Gasteiger partial charge in [-0.2, -0.15) is 0 Å². The van der Waals surface area contributed by atoms with Crippen LogP contribution in [0.4, 0.5) is 5.69 Å². The highest BCUT2D eigenvalue weighted by Crippen LogP contribution is 2.29. The summed E-state index contributed by atoms with van der Waals surface area (Å²) in [6, 6.07) is 9.73. The highest BCUT2D eigenvalue weighted by Gasteiger charge is 2.13. The second-order valence-electron chi connectivity index (χ2n) is 4.88. The Morgan fingerprint density at radius 2 is 1.60 bits per heavy atom. The smallest absolute Gasteiger partial charge is 0.256 e. The molecule has 4 heteroatoms. The van der Waals surface area contributed by atoms with Crippen LogP contribution in [0.3, 0.4) is 0 Å². The van der Waals surface area contributed by atoms with Gasteiger partial charge in [-0.05, 0) is 87.5 Å². The molecular formula is C16H15Br2NO. The zero-order valence-electron chi connectivity index (χ0n) is 11.6. The standard InChI is InChI=1S/C16H15Br2NO/c1-9-4-5-12(13(17)7-9)16(20)19-15-11(3)6-10(2)8-14(15)18/h4-8H,1-3H3,(H,19,20). The predicted octanol–water partition coefficient (Wildman–Crippen LogP) is 5.39. The summed E-state index contributed by atoms with van der Waals surface area (Å²) >= 11 is 6.94. The van der Waals surface area contributed by atoms with Crippen molar-refractivity contribution < 1.29 is 4.79 Å². The zero-order chi connectivity index (χ0) is 14.9.